The topological polar surface area (TPSA) is 128 Å². The van der Waals surface area contributed by atoms with Gasteiger partial charge in [-0.1, -0.05) is 18.2 Å². The number of rotatable bonds is 9. The second kappa shape index (κ2) is 10.0. The van der Waals surface area contributed by atoms with E-state index in [2.05, 4.69) is 5.32 Å². The molecule has 33 heavy (non-hydrogen) atoms. The number of nitro groups is 1. The Bertz CT molecular complexity index is 1250. The fourth-order valence-electron chi connectivity index (χ4n) is 3.02. The van der Waals surface area contributed by atoms with Gasteiger partial charge in [-0.05, 0) is 36.4 Å². The molecule has 0 saturated carbocycles. The molecule has 0 saturated heterocycles. The molecule has 3 rings (SSSR count). The van der Waals surface area contributed by atoms with Gasteiger partial charge in [0.1, 0.15) is 6.54 Å². The molecule has 0 aliphatic heterocycles. The number of carbonyl (C=O) groups excluding carboxylic acids is 1. The van der Waals surface area contributed by atoms with Gasteiger partial charge in [-0.2, -0.15) is 0 Å². The lowest BCUT2D eigenvalue weighted by atomic mass is 10.2. The van der Waals surface area contributed by atoms with Crippen LogP contribution in [0.3, 0.4) is 0 Å². The van der Waals surface area contributed by atoms with Gasteiger partial charge in [0.2, 0.25) is 5.91 Å². The van der Waals surface area contributed by atoms with Gasteiger partial charge in [0.05, 0.1) is 29.7 Å². The van der Waals surface area contributed by atoms with Crippen molar-refractivity contribution in [2.75, 3.05) is 30.4 Å². The molecule has 1 amide bonds. The van der Waals surface area contributed by atoms with E-state index in [0.717, 1.165) is 4.31 Å². The molecular weight excluding hydrogens is 450 g/mol. The van der Waals surface area contributed by atoms with Gasteiger partial charge in [0, 0.05) is 23.9 Å². The molecule has 0 aromatic heterocycles. The zero-order valence-electron chi connectivity index (χ0n) is 17.8. The standard InChI is InChI=1S/C22H21N3O7S/c1-31-20-13-8-16(14-21(20)32-2)23-22(26)15-24(17-9-11-18(12-10-17)25(27)28)33(29,30)19-6-4-3-5-7-19/h3-14H,15H2,1-2H3,(H,23,26). The maximum absolute atomic E-state index is 13.3. The number of ether oxygens (including phenoxy) is 2. The average molecular weight is 471 g/mol. The fraction of sp³-hybridized carbons (Fsp3) is 0.136. The lowest BCUT2D eigenvalue weighted by Crippen LogP contribution is -2.38. The van der Waals surface area contributed by atoms with Gasteiger partial charge in [0.15, 0.2) is 11.5 Å². The third-order valence-electron chi connectivity index (χ3n) is 4.63. The Morgan fingerprint density at radius 2 is 1.61 bits per heavy atom. The number of methoxy groups -OCH3 is 2. The second-order valence-corrected chi connectivity index (χ2v) is 8.58. The Morgan fingerprint density at radius 3 is 2.18 bits per heavy atom. The van der Waals surface area contributed by atoms with E-state index < -0.39 is 27.4 Å². The van der Waals surface area contributed by atoms with E-state index in [4.69, 9.17) is 9.47 Å². The van der Waals surface area contributed by atoms with Crippen LogP contribution in [0.5, 0.6) is 11.5 Å². The largest absolute Gasteiger partial charge is 0.493 e. The van der Waals surface area contributed by atoms with Crippen molar-refractivity contribution in [1.29, 1.82) is 0 Å². The van der Waals surface area contributed by atoms with E-state index >= 15 is 0 Å². The fourth-order valence-corrected chi connectivity index (χ4v) is 4.46. The molecule has 0 aliphatic rings. The van der Waals surface area contributed by atoms with Gasteiger partial charge in [-0.25, -0.2) is 8.42 Å². The van der Waals surface area contributed by atoms with Gasteiger partial charge in [0.25, 0.3) is 15.7 Å². The molecule has 0 unspecified atom stereocenters. The first-order chi connectivity index (χ1) is 15.8. The second-order valence-electron chi connectivity index (χ2n) is 6.72. The molecule has 1 N–H and O–H groups in total. The predicted octanol–water partition coefficient (Wildman–Crippen LogP) is 3.45. The summed E-state index contributed by atoms with van der Waals surface area (Å²) in [6.45, 7) is -0.566. The number of benzene rings is 3. The summed E-state index contributed by atoms with van der Waals surface area (Å²) in [7, 11) is -1.21. The molecule has 0 heterocycles. The van der Waals surface area contributed by atoms with E-state index in [1.165, 1.54) is 50.6 Å². The first kappa shape index (κ1) is 23.5. The summed E-state index contributed by atoms with van der Waals surface area (Å²) in [6.07, 6.45) is 0. The lowest BCUT2D eigenvalue weighted by molar-refractivity contribution is -0.384. The molecule has 0 aliphatic carbocycles. The number of carbonyl (C=O) groups is 1. The van der Waals surface area contributed by atoms with Crippen LogP contribution in [0.4, 0.5) is 17.1 Å². The van der Waals surface area contributed by atoms with E-state index in [1.807, 2.05) is 0 Å². The first-order valence-electron chi connectivity index (χ1n) is 9.60. The van der Waals surface area contributed by atoms with E-state index in [0.29, 0.717) is 17.2 Å². The van der Waals surface area contributed by atoms with Crippen molar-refractivity contribution in [3.8, 4) is 11.5 Å². The maximum atomic E-state index is 13.3. The Morgan fingerprint density at radius 1 is 0.970 bits per heavy atom. The maximum Gasteiger partial charge on any atom is 0.269 e. The Labute approximate surface area is 190 Å². The van der Waals surface area contributed by atoms with Crippen molar-refractivity contribution in [2.24, 2.45) is 0 Å². The van der Waals surface area contributed by atoms with Gasteiger partial charge in [-0.3, -0.25) is 19.2 Å². The van der Waals surface area contributed by atoms with Crippen molar-refractivity contribution in [3.63, 3.8) is 0 Å². The summed E-state index contributed by atoms with van der Waals surface area (Å²) in [4.78, 5) is 23.2. The summed E-state index contributed by atoms with van der Waals surface area (Å²) < 4.78 is 37.9. The zero-order chi connectivity index (χ0) is 24.0. The highest BCUT2D eigenvalue weighted by Crippen LogP contribution is 2.30. The summed E-state index contributed by atoms with van der Waals surface area (Å²) in [5.41, 5.74) is 0.274. The molecular formula is C22H21N3O7S. The first-order valence-corrected chi connectivity index (χ1v) is 11.0. The lowest BCUT2D eigenvalue weighted by Gasteiger charge is -2.24. The van der Waals surface area contributed by atoms with Crippen LogP contribution in [0.1, 0.15) is 0 Å². The number of nitrogens with one attached hydrogen (secondary N) is 1. The molecule has 11 heteroatoms. The molecule has 0 spiro atoms. The Balaban J connectivity index is 1.93. The number of nitro benzene ring substituents is 1. The SMILES string of the molecule is COc1ccc(NC(=O)CN(c2ccc([N+](=O)[O-])cc2)S(=O)(=O)c2ccccc2)cc1OC. The summed E-state index contributed by atoms with van der Waals surface area (Å²) >= 11 is 0. The molecule has 3 aromatic carbocycles. The zero-order valence-corrected chi connectivity index (χ0v) is 18.6. The Kier molecular flexibility index (Phi) is 7.13. The highest BCUT2D eigenvalue weighted by Gasteiger charge is 2.27. The number of nitrogens with zero attached hydrogens (tertiary/aromatic N) is 2. The number of amides is 1. The quantitative estimate of drug-likeness (QED) is 0.374. The predicted molar refractivity (Wildman–Crippen MR) is 122 cm³/mol. The number of anilines is 2. The van der Waals surface area contributed by atoms with Crippen molar-refractivity contribution in [3.05, 3.63) is 82.9 Å². The highest BCUT2D eigenvalue weighted by molar-refractivity contribution is 7.92. The number of hydrogen-bond donors (Lipinski definition) is 1. The van der Waals surface area contributed by atoms with Crippen LogP contribution in [0.25, 0.3) is 0 Å². The van der Waals surface area contributed by atoms with Crippen molar-refractivity contribution >= 4 is 33.0 Å². The van der Waals surface area contributed by atoms with Gasteiger partial charge < -0.3 is 14.8 Å². The average Bonchev–Trinajstić information content (AvgIpc) is 2.83. The minimum atomic E-state index is -4.14. The van der Waals surface area contributed by atoms with E-state index in [-0.39, 0.29) is 16.3 Å². The summed E-state index contributed by atoms with van der Waals surface area (Å²) in [5.74, 6) is 0.231. The van der Waals surface area contributed by atoms with Gasteiger partial charge >= 0.3 is 0 Å². The van der Waals surface area contributed by atoms with E-state index in [9.17, 15) is 23.3 Å². The summed E-state index contributed by atoms with van der Waals surface area (Å²) in [6, 6.07) is 17.2. The van der Waals surface area contributed by atoms with Crippen LogP contribution in [0.15, 0.2) is 77.7 Å². The smallest absolute Gasteiger partial charge is 0.269 e. The van der Waals surface area contributed by atoms with Crippen LogP contribution in [0, 0.1) is 10.1 Å². The molecule has 0 bridgehead atoms. The molecule has 0 fully saturated rings. The van der Waals surface area contributed by atoms with E-state index in [1.54, 1.807) is 36.4 Å². The molecule has 0 radical (unpaired) electrons. The number of non-ortho nitro benzene ring substituents is 1. The highest BCUT2D eigenvalue weighted by atomic mass is 32.2. The van der Waals surface area contributed by atoms with Crippen LogP contribution in [0.2, 0.25) is 0 Å². The summed E-state index contributed by atoms with van der Waals surface area (Å²) in [5, 5.41) is 13.6. The molecule has 3 aromatic rings. The van der Waals surface area contributed by atoms with Crippen molar-refractivity contribution < 1.29 is 27.6 Å². The van der Waals surface area contributed by atoms with Crippen LogP contribution in [-0.2, 0) is 14.8 Å². The van der Waals surface area contributed by atoms with Gasteiger partial charge in [-0.15, -0.1) is 0 Å². The van der Waals surface area contributed by atoms with Crippen molar-refractivity contribution in [2.45, 2.75) is 4.90 Å². The van der Waals surface area contributed by atoms with Crippen LogP contribution < -0.4 is 19.1 Å². The Hall–Kier alpha value is -4.12. The minimum absolute atomic E-state index is 0.0257. The normalized spacial score (nSPS) is 10.8. The third-order valence-corrected chi connectivity index (χ3v) is 6.42. The third kappa shape index (κ3) is 5.39. The molecule has 172 valence electrons. The number of sulfonamides is 1. The van der Waals surface area contributed by atoms with Crippen LogP contribution >= 0.6 is 0 Å². The monoisotopic (exact) mass is 471 g/mol. The molecule has 10 nitrogen and oxygen atoms in total. The van der Waals surface area contributed by atoms with Crippen LogP contribution in [-0.4, -0.2) is 40.0 Å². The minimum Gasteiger partial charge on any atom is -0.493 e. The number of hydrogen-bond acceptors (Lipinski definition) is 7. The molecule has 0 atom stereocenters. The van der Waals surface area contributed by atoms with Crippen molar-refractivity contribution in [1.82, 2.24) is 0 Å².